The van der Waals surface area contributed by atoms with Crippen molar-refractivity contribution in [3.05, 3.63) is 0 Å². The molecule has 0 rings (SSSR count). The van der Waals surface area contributed by atoms with Gasteiger partial charge in [0.25, 0.3) is 0 Å². The fourth-order valence-corrected chi connectivity index (χ4v) is 125. The van der Waals surface area contributed by atoms with E-state index in [0.717, 1.165) is 8.55 Å². The van der Waals surface area contributed by atoms with Crippen LogP contribution in [0.3, 0.4) is 0 Å². The van der Waals surface area contributed by atoms with Crippen LogP contribution in [0, 0.1) is 0 Å². The van der Waals surface area contributed by atoms with Gasteiger partial charge in [-0.2, -0.15) is 0 Å². The Morgan fingerprint density at radius 1 is 0.400 bits per heavy atom. The molecule has 2 radical (unpaired) electrons. The molecule has 6 heteroatoms. The topological polar surface area (TPSA) is 0 Å². The molecular weight excluding hydrogens is 560 g/mol. The molecule has 0 nitrogen and oxygen atoms in total. The van der Waals surface area contributed by atoms with E-state index >= 15 is 0 Å². The minimum atomic E-state index is -2.00. The third kappa shape index (κ3) is 4.94. The Bertz CT molecular complexity index is 526. The predicted molar refractivity (Wildman–Crippen MR) is 159 cm³/mol. The molecule has 0 unspecified atom stereocenters. The summed E-state index contributed by atoms with van der Waals surface area (Å²) in [5.41, 5.74) is 0. The van der Waals surface area contributed by atoms with Gasteiger partial charge in [0, 0.05) is 8.55 Å². The molecule has 0 aliphatic heterocycles. The lowest BCUT2D eigenvalue weighted by molar-refractivity contribution is 0.552. The SMILES string of the molecule is CC(C)(C)[Si]([Si][Si](Br)(Br)[Si](C(C)(C)C)(C(C)(C)C)C(C)(C)C)(C(C)(C)C)C(C)(C)C. The maximum absolute atomic E-state index is 4.69. The van der Waals surface area contributed by atoms with Gasteiger partial charge in [-0.05, 0) is 30.2 Å². The largest absolute Gasteiger partial charge is 0.175 e. The third-order valence-electron chi connectivity index (χ3n) is 7.57. The van der Waals surface area contributed by atoms with Gasteiger partial charge in [0.1, 0.15) is 0 Å². The van der Waals surface area contributed by atoms with Crippen molar-refractivity contribution in [1.82, 2.24) is 0 Å². The quantitative estimate of drug-likeness (QED) is 0.219. The first-order valence-corrected chi connectivity index (χ1v) is 26.1. The Labute approximate surface area is 212 Å². The molecule has 0 aromatic rings. The van der Waals surface area contributed by atoms with E-state index in [4.69, 9.17) is 30.6 Å². The lowest BCUT2D eigenvalue weighted by Crippen LogP contribution is -2.79. The summed E-state index contributed by atoms with van der Waals surface area (Å²) in [7, 11) is -2.79. The number of halogens is 2. The molecule has 0 bridgehead atoms. The first-order chi connectivity index (χ1) is 12.5. The van der Waals surface area contributed by atoms with Gasteiger partial charge < -0.3 is 0 Å². The summed E-state index contributed by atoms with van der Waals surface area (Å²) in [6, 6.07) is 0. The van der Waals surface area contributed by atoms with Gasteiger partial charge in [-0.25, -0.2) is 0 Å². The normalized spacial score (nSPS) is 16.8. The highest BCUT2D eigenvalue weighted by atomic mass is 79.9. The molecule has 0 fully saturated rings. The first-order valence-electron chi connectivity index (χ1n) is 11.6. The van der Waals surface area contributed by atoms with Crippen molar-refractivity contribution in [2.75, 3.05) is 0 Å². The zero-order valence-electron chi connectivity index (χ0n) is 23.8. The molecule has 0 aliphatic rings. The molecule has 180 valence electrons. The second kappa shape index (κ2) is 8.49. The fraction of sp³-hybridized carbons (Fsp3) is 1.00. The number of hydrogen-bond donors (Lipinski definition) is 0. The summed E-state index contributed by atoms with van der Waals surface area (Å²) < 4.78 is -2.00. The van der Waals surface area contributed by atoms with Gasteiger partial charge >= 0.3 is 0 Å². The highest BCUT2D eigenvalue weighted by Gasteiger charge is 2.73. The summed E-state index contributed by atoms with van der Waals surface area (Å²) in [6.45, 7) is 46.0. The monoisotopic (exact) mass is 612 g/mol. The summed E-state index contributed by atoms with van der Waals surface area (Å²) >= 11 is 9.38. The van der Waals surface area contributed by atoms with E-state index in [1.807, 2.05) is 0 Å². The van der Waals surface area contributed by atoms with E-state index in [9.17, 15) is 0 Å². The van der Waals surface area contributed by atoms with Gasteiger partial charge in [-0.1, -0.05) is 125 Å². The predicted octanol–water partition coefficient (Wildman–Crippen LogP) is 10.7. The molecule has 0 heterocycles. The maximum Gasteiger partial charge on any atom is 0.175 e. The Balaban J connectivity index is 7.56. The summed E-state index contributed by atoms with van der Waals surface area (Å²) in [6.07, 6.45) is 0. The zero-order chi connectivity index (χ0) is 25.2. The Kier molecular flexibility index (Phi) is 9.01. The minimum Gasteiger partial charge on any atom is -0.119 e. The molecule has 0 aromatic heterocycles. The Hall–Kier alpha value is 1.83. The van der Waals surface area contributed by atoms with Crippen molar-refractivity contribution in [2.24, 2.45) is 0 Å². The van der Waals surface area contributed by atoms with Crippen LogP contribution in [0.4, 0.5) is 0 Å². The average Bonchev–Trinajstić information content (AvgIpc) is 2.24. The smallest absolute Gasteiger partial charge is 0.119 e. The van der Waals surface area contributed by atoms with Crippen LogP contribution in [-0.4, -0.2) is 28.1 Å². The van der Waals surface area contributed by atoms with Crippen LogP contribution >= 0.6 is 30.6 Å². The van der Waals surface area contributed by atoms with Crippen LogP contribution in [0.25, 0.3) is 0 Å². The van der Waals surface area contributed by atoms with E-state index in [2.05, 4.69) is 125 Å². The van der Waals surface area contributed by atoms with Crippen molar-refractivity contribution in [2.45, 2.75) is 155 Å². The second-order valence-corrected chi connectivity index (χ2v) is 61.7. The van der Waals surface area contributed by atoms with Crippen LogP contribution in [-0.2, 0) is 0 Å². The highest BCUT2D eigenvalue weighted by Crippen LogP contribution is 2.70. The molecule has 0 saturated carbocycles. The molecule has 0 N–H and O–H groups in total. The summed E-state index contributed by atoms with van der Waals surface area (Å²) in [5, 5.41) is 1.87. The van der Waals surface area contributed by atoms with Crippen LogP contribution in [0.1, 0.15) is 125 Å². The maximum atomic E-state index is 4.69. The highest BCUT2D eigenvalue weighted by molar-refractivity contribution is 9.55. The molecule has 0 amide bonds. The standard InChI is InChI=1S/C24H54Br2Si4/c1-19(2,3)28(20(4,5)6,21(7,8)9)27-30(25,26)29(22(10,11)12,23(13,14)15)24(16,17)18/h1-18H3. The van der Waals surface area contributed by atoms with Gasteiger partial charge in [0.15, 0.2) is 4.35 Å². The summed E-state index contributed by atoms with van der Waals surface area (Å²) in [4.78, 5) is 0. The van der Waals surface area contributed by atoms with Crippen molar-refractivity contribution < 1.29 is 0 Å². The van der Waals surface area contributed by atoms with Gasteiger partial charge in [0.2, 0.25) is 0 Å². The van der Waals surface area contributed by atoms with Gasteiger partial charge in [-0.3, -0.25) is 0 Å². The number of rotatable bonds is 3. The number of hydrogen-bond acceptors (Lipinski definition) is 0. The summed E-state index contributed by atoms with van der Waals surface area (Å²) in [5.74, 6) is 0. The van der Waals surface area contributed by atoms with Crippen LogP contribution in [0.2, 0.25) is 30.2 Å². The van der Waals surface area contributed by atoms with Crippen molar-refractivity contribution in [1.29, 1.82) is 0 Å². The molecular formula is C24H54Br2Si4. The first kappa shape index (κ1) is 31.8. The minimum absolute atomic E-state index is 0.295. The van der Waals surface area contributed by atoms with Gasteiger partial charge in [0.05, 0.1) is 15.2 Å². The van der Waals surface area contributed by atoms with Gasteiger partial charge in [-0.15, -0.1) is 30.6 Å². The Morgan fingerprint density at radius 3 is 0.733 bits per heavy atom. The molecule has 0 atom stereocenters. The van der Waals surface area contributed by atoms with Crippen LogP contribution in [0.5, 0.6) is 0 Å². The van der Waals surface area contributed by atoms with Crippen LogP contribution < -0.4 is 0 Å². The van der Waals surface area contributed by atoms with E-state index < -0.39 is 19.5 Å². The third-order valence-corrected chi connectivity index (χ3v) is 75.5. The molecule has 30 heavy (non-hydrogen) atoms. The lowest BCUT2D eigenvalue weighted by Gasteiger charge is -2.68. The van der Waals surface area contributed by atoms with E-state index in [-0.39, 0.29) is 0 Å². The fourth-order valence-electron chi connectivity index (χ4n) is 9.05. The lowest BCUT2D eigenvalue weighted by atomic mass is 10.2. The van der Waals surface area contributed by atoms with Crippen molar-refractivity contribution >= 4 is 58.7 Å². The van der Waals surface area contributed by atoms with Crippen LogP contribution in [0.15, 0.2) is 0 Å². The van der Waals surface area contributed by atoms with E-state index in [0.29, 0.717) is 30.2 Å². The Morgan fingerprint density at radius 2 is 0.600 bits per heavy atom. The second-order valence-electron chi connectivity index (χ2n) is 15.7. The molecule has 0 saturated heterocycles. The average molecular weight is 615 g/mol. The van der Waals surface area contributed by atoms with E-state index in [1.54, 1.807) is 0 Å². The molecule has 0 spiro atoms. The molecule has 0 aromatic carbocycles. The van der Waals surface area contributed by atoms with E-state index in [1.165, 1.54) is 0 Å². The zero-order valence-corrected chi connectivity index (χ0v) is 30.9. The molecule has 0 aliphatic carbocycles. The van der Waals surface area contributed by atoms with Crippen molar-refractivity contribution in [3.63, 3.8) is 0 Å². The van der Waals surface area contributed by atoms with Crippen molar-refractivity contribution in [3.8, 4) is 0 Å².